The van der Waals surface area contributed by atoms with Crippen LogP contribution in [0.3, 0.4) is 0 Å². The zero-order chi connectivity index (χ0) is 47.7. The number of benzene rings is 3. The summed E-state index contributed by atoms with van der Waals surface area (Å²) in [5.41, 5.74) is -4.50. The molecule has 0 aromatic heterocycles. The molecular weight excluding hydrogens is 971 g/mol. The topological polar surface area (TPSA) is 96.5 Å². The van der Waals surface area contributed by atoms with Crippen LogP contribution >= 0.6 is 58.0 Å². The molecule has 3 amide bonds. The highest BCUT2D eigenvalue weighted by Crippen LogP contribution is 2.39. The maximum atomic E-state index is 13.5. The van der Waals surface area contributed by atoms with Crippen LogP contribution in [0.15, 0.2) is 135 Å². The monoisotopic (exact) mass is 999 g/mol. The zero-order valence-corrected chi connectivity index (χ0v) is 36.6. The van der Waals surface area contributed by atoms with Gasteiger partial charge < -0.3 is 20.7 Å². The lowest BCUT2D eigenvalue weighted by Gasteiger charge is -2.13. The maximum Gasteiger partial charge on any atom is 0.417 e. The van der Waals surface area contributed by atoms with Crippen LogP contribution in [-0.4, -0.2) is 24.3 Å². The average molecular weight is 1000 g/mol. The number of amides is 3. The number of hydrogen-bond donors (Lipinski definition) is 3. The van der Waals surface area contributed by atoms with E-state index in [2.05, 4.69) is 16.0 Å². The van der Waals surface area contributed by atoms with Gasteiger partial charge in [0, 0.05) is 43.8 Å². The van der Waals surface area contributed by atoms with E-state index in [1.165, 1.54) is 24.3 Å². The molecule has 0 bridgehead atoms. The van der Waals surface area contributed by atoms with Crippen molar-refractivity contribution < 1.29 is 58.6 Å². The van der Waals surface area contributed by atoms with Crippen LogP contribution in [0.1, 0.15) is 43.4 Å². The first-order valence-electron chi connectivity index (χ1n) is 18.1. The first-order valence-corrected chi connectivity index (χ1v) is 20.0. The average Bonchev–Trinajstić information content (AvgIpc) is 3.58. The summed E-state index contributed by atoms with van der Waals surface area (Å²) < 4.78 is 127. The summed E-state index contributed by atoms with van der Waals surface area (Å²) in [5.74, 6) is -2.78. The predicted octanol–water partition coefficient (Wildman–Crippen LogP) is 14.6. The van der Waals surface area contributed by atoms with Gasteiger partial charge in [-0.25, -0.2) is 0 Å². The van der Waals surface area contributed by atoms with Gasteiger partial charge in [-0.3, -0.25) is 14.4 Å². The number of hydrogen-bond acceptors (Lipinski definition) is 4. The van der Waals surface area contributed by atoms with E-state index in [0.717, 1.165) is 42.5 Å². The third kappa shape index (κ3) is 15.0. The molecule has 3 aromatic carbocycles. The maximum absolute atomic E-state index is 13.5. The lowest BCUT2D eigenvalue weighted by Crippen LogP contribution is -2.18. The molecule has 0 heterocycles. The first kappa shape index (κ1) is 51.5. The molecule has 2 aliphatic carbocycles. The summed E-state index contributed by atoms with van der Waals surface area (Å²) in [4.78, 5) is 40.0. The van der Waals surface area contributed by atoms with Crippen molar-refractivity contribution in [3.8, 4) is 0 Å². The van der Waals surface area contributed by atoms with E-state index in [-0.39, 0.29) is 52.6 Å². The van der Waals surface area contributed by atoms with E-state index in [4.69, 9.17) is 62.7 Å². The predicted molar refractivity (Wildman–Crippen MR) is 230 cm³/mol. The summed E-state index contributed by atoms with van der Waals surface area (Å²) in [6, 6.07) is 8.12. The molecular formula is C43H31Cl5F9N3O4. The normalized spacial score (nSPS) is 14.7. The van der Waals surface area contributed by atoms with Crippen LogP contribution in [0.2, 0.25) is 15.1 Å². The summed E-state index contributed by atoms with van der Waals surface area (Å²) in [7, 11) is 0. The molecule has 3 aromatic rings. The Balaban J connectivity index is 0.00000140. The quantitative estimate of drug-likeness (QED) is 0.186. The third-order valence-electron chi connectivity index (χ3n) is 8.59. The van der Waals surface area contributed by atoms with Crippen LogP contribution in [0.25, 0.3) is 0 Å². The summed E-state index contributed by atoms with van der Waals surface area (Å²) >= 11 is 27.8. The van der Waals surface area contributed by atoms with E-state index in [0.29, 0.717) is 40.3 Å². The first-order chi connectivity index (χ1) is 29.7. The van der Waals surface area contributed by atoms with Crippen molar-refractivity contribution in [2.24, 2.45) is 0 Å². The van der Waals surface area contributed by atoms with Gasteiger partial charge in [-0.2, -0.15) is 39.5 Å². The van der Waals surface area contributed by atoms with Crippen molar-refractivity contribution in [2.75, 3.05) is 22.6 Å². The zero-order valence-electron chi connectivity index (χ0n) is 32.8. The van der Waals surface area contributed by atoms with Crippen LogP contribution in [0.5, 0.6) is 0 Å². The standard InChI is InChI=1S/C39H25Cl3F9N3O4.C4H6Cl2/c40-31-10-6-24(16-28(31)37(43,44)45)52-34(55)21-4-2-1-3-20(13-21)19-58-27-9-5-22(35(56)53-25-7-11-32(41)29(17-25)38(46,47)48)14-23(15-27)36(57)54-26-8-12-33(42)30(18-26)39(49,50)51;1-3(5)4(2)6/h2-4,6-18H,1,5,19H2,(H,52,55)(H,53,56)(H,54,57);1-2H3/b;4-3-. The van der Waals surface area contributed by atoms with Gasteiger partial charge in [0.25, 0.3) is 17.7 Å². The molecule has 0 atom stereocenters. The smallest absolute Gasteiger partial charge is 0.417 e. The van der Waals surface area contributed by atoms with E-state index >= 15 is 0 Å². The Morgan fingerprint density at radius 3 is 1.44 bits per heavy atom. The van der Waals surface area contributed by atoms with Crippen molar-refractivity contribution >= 4 is 92.8 Å². The number of ether oxygens (including phenoxy) is 1. The van der Waals surface area contributed by atoms with Crippen LogP contribution < -0.4 is 16.0 Å². The Labute approximate surface area is 384 Å². The molecule has 0 aliphatic heterocycles. The lowest BCUT2D eigenvalue weighted by molar-refractivity contribution is -0.138. The molecule has 0 saturated heterocycles. The molecule has 21 heteroatoms. The van der Waals surface area contributed by atoms with Gasteiger partial charge in [0.05, 0.1) is 31.8 Å². The van der Waals surface area contributed by atoms with Crippen LogP contribution in [0.4, 0.5) is 56.6 Å². The number of alkyl halides is 9. The molecule has 5 rings (SSSR count). The molecule has 0 fully saturated rings. The van der Waals surface area contributed by atoms with E-state index in [9.17, 15) is 53.9 Å². The minimum Gasteiger partial charge on any atom is -0.489 e. The lowest BCUT2D eigenvalue weighted by atomic mass is 10.1. The molecule has 3 N–H and O–H groups in total. The molecule has 64 heavy (non-hydrogen) atoms. The minimum atomic E-state index is -4.87. The number of anilines is 3. The Hall–Kier alpha value is -5.13. The highest BCUT2D eigenvalue weighted by molar-refractivity contribution is 6.38. The minimum absolute atomic E-state index is 0.0269. The Kier molecular flexibility index (Phi) is 17.5. The van der Waals surface area contributed by atoms with E-state index in [1.54, 1.807) is 26.0 Å². The Morgan fingerprint density at radius 2 is 1.02 bits per heavy atom. The molecule has 340 valence electrons. The molecule has 7 nitrogen and oxygen atoms in total. The second-order valence-electron chi connectivity index (χ2n) is 13.4. The van der Waals surface area contributed by atoms with Crippen LogP contribution in [0, 0.1) is 0 Å². The van der Waals surface area contributed by atoms with Crippen molar-refractivity contribution in [3.63, 3.8) is 0 Å². The second-order valence-corrected chi connectivity index (χ2v) is 15.7. The van der Waals surface area contributed by atoms with Crippen LogP contribution in [-0.2, 0) is 37.6 Å². The van der Waals surface area contributed by atoms with Gasteiger partial charge in [0.15, 0.2) is 0 Å². The van der Waals surface area contributed by atoms with Gasteiger partial charge in [0.2, 0.25) is 0 Å². The number of carbonyl (C=O) groups is 3. The molecule has 0 spiro atoms. The summed E-state index contributed by atoms with van der Waals surface area (Å²) in [6.07, 6.45) is -4.81. The van der Waals surface area contributed by atoms with Crippen molar-refractivity contribution in [1.29, 1.82) is 0 Å². The van der Waals surface area contributed by atoms with Gasteiger partial charge >= 0.3 is 18.5 Å². The molecule has 0 unspecified atom stereocenters. The fourth-order valence-corrected chi connectivity index (χ4v) is 5.98. The van der Waals surface area contributed by atoms with E-state index < -0.39 is 68.0 Å². The van der Waals surface area contributed by atoms with Crippen molar-refractivity contribution in [2.45, 2.75) is 45.2 Å². The highest BCUT2D eigenvalue weighted by atomic mass is 35.5. The van der Waals surface area contributed by atoms with E-state index in [1.807, 2.05) is 0 Å². The SMILES string of the molecule is C/C(Cl)=C(\C)Cl.O=C(Nc1ccc(Cl)c(C(F)(F)F)c1)C1=CC(COC2=CCC(C(=O)Nc3ccc(Cl)c(C(F)(F)F)c3)=CC(C(=O)Nc3ccc(Cl)c(C(F)(F)F)c3)=C2)=CCC=C1. The Morgan fingerprint density at radius 1 is 0.594 bits per heavy atom. The largest absolute Gasteiger partial charge is 0.489 e. The fourth-order valence-electron chi connectivity index (χ4n) is 5.31. The van der Waals surface area contributed by atoms with Gasteiger partial charge in [-0.15, -0.1) is 0 Å². The van der Waals surface area contributed by atoms with Gasteiger partial charge in [0.1, 0.15) is 12.4 Å². The number of nitrogens with one attached hydrogen (secondary N) is 3. The highest BCUT2D eigenvalue weighted by Gasteiger charge is 2.35. The second kappa shape index (κ2) is 21.7. The third-order valence-corrected chi connectivity index (χ3v) is 10.2. The number of halogens is 14. The summed E-state index contributed by atoms with van der Waals surface area (Å²) in [6.45, 7) is 3.24. The number of rotatable bonds is 9. The molecule has 0 saturated carbocycles. The summed E-state index contributed by atoms with van der Waals surface area (Å²) in [5, 5.41) is 6.51. The number of carbonyl (C=O) groups excluding carboxylic acids is 3. The Bertz CT molecular complexity index is 2520. The fraction of sp³-hybridized carbons (Fsp3) is 0.186. The van der Waals surface area contributed by atoms with Gasteiger partial charge in [-0.1, -0.05) is 76.2 Å². The van der Waals surface area contributed by atoms with Crippen molar-refractivity contribution in [3.05, 3.63) is 167 Å². The number of allylic oxidation sites excluding steroid dienone is 6. The molecule has 2 aliphatic rings. The molecule has 0 radical (unpaired) electrons. The van der Waals surface area contributed by atoms with Crippen molar-refractivity contribution in [1.82, 2.24) is 0 Å². The van der Waals surface area contributed by atoms with Gasteiger partial charge in [-0.05, 0) is 111 Å².